The molecular weight excluding hydrogens is 481 g/mol. The predicted molar refractivity (Wildman–Crippen MR) is 142 cm³/mol. The number of hydrogen-bond acceptors (Lipinski definition) is 4. The number of azo groups is 1. The van der Waals surface area contributed by atoms with Crippen LogP contribution in [0.5, 0.6) is 0 Å². The molecule has 0 saturated carbocycles. The summed E-state index contributed by atoms with van der Waals surface area (Å²) in [5, 5.41) is 11.6. The molecule has 4 aromatic carbocycles. The van der Waals surface area contributed by atoms with E-state index in [0.29, 0.717) is 0 Å². The van der Waals surface area contributed by atoms with Crippen molar-refractivity contribution in [1.29, 1.82) is 0 Å². The van der Waals surface area contributed by atoms with Crippen molar-refractivity contribution >= 4 is 33.4 Å². The van der Waals surface area contributed by atoms with E-state index in [1.807, 2.05) is 84.9 Å². The third-order valence-corrected chi connectivity index (χ3v) is 11.0. The van der Waals surface area contributed by atoms with E-state index < -0.39 is 22.9 Å². The van der Waals surface area contributed by atoms with Gasteiger partial charge in [-0.3, -0.25) is 0 Å². The van der Waals surface area contributed by atoms with Crippen LogP contribution in [0.3, 0.4) is 0 Å². The maximum Gasteiger partial charge on any atom is 0.239 e. The van der Waals surface area contributed by atoms with Crippen molar-refractivity contribution in [2.24, 2.45) is 14.4 Å². The van der Waals surface area contributed by atoms with Gasteiger partial charge in [0.15, 0.2) is 0 Å². The van der Waals surface area contributed by atoms with Crippen molar-refractivity contribution in [3.05, 3.63) is 127 Å². The van der Waals surface area contributed by atoms with Crippen LogP contribution < -0.4 is 23.0 Å². The van der Waals surface area contributed by atoms with E-state index in [1.54, 1.807) is 12.5 Å². The Labute approximate surface area is 209 Å². The fourth-order valence-electron chi connectivity index (χ4n) is 3.79. The lowest BCUT2D eigenvalue weighted by molar-refractivity contribution is -0.00000795. The lowest BCUT2D eigenvalue weighted by atomic mass is 10.2. The Morgan fingerprint density at radius 1 is 0.647 bits per heavy atom. The van der Waals surface area contributed by atoms with Crippen molar-refractivity contribution in [3.63, 3.8) is 0 Å². The van der Waals surface area contributed by atoms with E-state index in [1.165, 1.54) is 0 Å². The lowest BCUT2D eigenvalue weighted by Crippen LogP contribution is -3.00. The van der Waals surface area contributed by atoms with Gasteiger partial charge in [0.05, 0.1) is 15.4 Å². The molecule has 0 N–H and O–H groups in total. The van der Waals surface area contributed by atoms with Crippen molar-refractivity contribution < 1.29 is 16.6 Å². The van der Waals surface area contributed by atoms with Gasteiger partial charge in [-0.1, -0.05) is 89.1 Å². The molecule has 4 nitrogen and oxygen atoms in total. The summed E-state index contributed by atoms with van der Waals surface area (Å²) in [5.74, 6) is -0.426. The van der Waals surface area contributed by atoms with Gasteiger partial charge in [0.1, 0.15) is 10.6 Å². The quantitative estimate of drug-likeness (QED) is 0.277. The van der Waals surface area contributed by atoms with E-state index in [0.717, 1.165) is 21.9 Å². The van der Waals surface area contributed by atoms with Crippen LogP contribution in [-0.2, 0) is 9.73 Å². The molecule has 0 fully saturated rings. The summed E-state index contributed by atoms with van der Waals surface area (Å²) < 4.78 is 18.5. The normalized spacial score (nSPS) is 12.6. The number of halogens is 1. The van der Waals surface area contributed by atoms with E-state index in [4.69, 9.17) is 9.25 Å². The topological polar surface area (TPSA) is 54.1 Å². The minimum absolute atomic E-state index is 0. The molecule has 174 valence electrons. The first-order valence-corrected chi connectivity index (χ1v) is 14.8. The van der Waals surface area contributed by atoms with Crippen LogP contribution in [0.15, 0.2) is 136 Å². The summed E-state index contributed by atoms with van der Waals surface area (Å²) in [5.41, 5.74) is 1.76. The lowest BCUT2D eigenvalue weighted by Gasteiger charge is -2.27. The highest BCUT2D eigenvalue weighted by molar-refractivity contribution is 8.01. The Balaban J connectivity index is 0.00000324. The van der Waals surface area contributed by atoms with Gasteiger partial charge < -0.3 is 12.4 Å². The zero-order valence-electron chi connectivity index (χ0n) is 19.1. The molecule has 1 atom stereocenters. The molecule has 0 spiro atoms. The Bertz CT molecular complexity index is 1280. The van der Waals surface area contributed by atoms with Crippen LogP contribution in [0.25, 0.3) is 0 Å². The van der Waals surface area contributed by atoms with Gasteiger partial charge in [0.2, 0.25) is 13.2 Å². The van der Waals surface area contributed by atoms with Crippen molar-refractivity contribution in [2.45, 2.75) is 5.78 Å². The van der Waals surface area contributed by atoms with Gasteiger partial charge in [-0.05, 0) is 36.4 Å². The molecule has 0 radical (unpaired) electrons. The number of hydrogen-bond donors (Lipinski definition) is 0. The Morgan fingerprint density at radius 2 is 1.06 bits per heavy atom. The zero-order chi connectivity index (χ0) is 23.2. The fraction of sp³-hybridized carbons (Fsp3) is 0.111. The van der Waals surface area contributed by atoms with Gasteiger partial charge >= 0.3 is 0 Å². The summed E-state index contributed by atoms with van der Waals surface area (Å²) in [6.07, 6.45) is 3.40. The minimum Gasteiger partial charge on any atom is -1.00 e. The van der Waals surface area contributed by atoms with E-state index >= 15 is 0 Å². The van der Waals surface area contributed by atoms with E-state index in [9.17, 15) is 4.21 Å². The van der Waals surface area contributed by atoms with E-state index in [-0.39, 0.29) is 12.4 Å². The van der Waals surface area contributed by atoms with Crippen LogP contribution in [0.1, 0.15) is 11.3 Å². The number of nitrogens with zero attached hydrogens (tertiary/aromatic N) is 3. The maximum atomic E-state index is 13.3. The van der Waals surface area contributed by atoms with Gasteiger partial charge in [-0.2, -0.15) is 5.11 Å². The van der Waals surface area contributed by atoms with Gasteiger partial charge in [-0.25, -0.2) is 4.21 Å². The maximum absolute atomic E-state index is 13.3. The average molecular weight is 508 g/mol. The molecule has 4 aromatic rings. The third-order valence-electron chi connectivity index (χ3n) is 5.12. The largest absolute Gasteiger partial charge is 1.00 e. The SMILES string of the molecule is CS(C)(=O)=N[P+](c1ccccc1)(c1ccccc1)C(N=Nc1ccccc1)c1ccccc1.[Cl-]. The smallest absolute Gasteiger partial charge is 0.239 e. The minimum atomic E-state index is -2.70. The molecule has 0 heterocycles. The van der Waals surface area contributed by atoms with Crippen LogP contribution in [0.4, 0.5) is 5.69 Å². The second-order valence-corrected chi connectivity index (χ2v) is 13.9. The zero-order valence-corrected chi connectivity index (χ0v) is 21.6. The monoisotopic (exact) mass is 507 g/mol. The molecule has 7 heteroatoms. The molecule has 1 unspecified atom stereocenters. The molecule has 0 bridgehead atoms. The summed E-state index contributed by atoms with van der Waals surface area (Å²) >= 11 is 0. The standard InChI is InChI=1S/C27H27N3OPS.ClH/c1-33(2,31)30-32(25-19-11-5-12-20-25,26-21-13-6-14-22-26)27(23-15-7-3-8-16-23)29-28-24-17-9-4-10-18-24;/h3-22,27H,1-2H3;1H/q+1;/p-1. The van der Waals surface area contributed by atoms with Crippen LogP contribution in [-0.4, -0.2) is 16.7 Å². The van der Waals surface area contributed by atoms with Crippen molar-refractivity contribution in [2.75, 3.05) is 12.5 Å². The first-order chi connectivity index (χ1) is 16.0. The molecule has 0 aliphatic heterocycles. The predicted octanol–water partition coefficient (Wildman–Crippen LogP) is 3.78. The molecule has 0 saturated heterocycles. The fourth-order valence-corrected chi connectivity index (χ4v) is 10.3. The highest BCUT2D eigenvalue weighted by atomic mass is 35.5. The second-order valence-electron chi connectivity index (χ2n) is 7.95. The summed E-state index contributed by atoms with van der Waals surface area (Å²) in [6, 6.07) is 40.1. The Morgan fingerprint density at radius 3 is 1.50 bits per heavy atom. The molecule has 0 aliphatic rings. The molecule has 0 aliphatic carbocycles. The first kappa shape index (κ1) is 25.8. The van der Waals surface area contributed by atoms with Crippen molar-refractivity contribution in [3.8, 4) is 0 Å². The first-order valence-electron chi connectivity index (χ1n) is 10.7. The average Bonchev–Trinajstić information content (AvgIpc) is 2.85. The number of benzene rings is 4. The Hall–Kier alpha value is -2.85. The highest BCUT2D eigenvalue weighted by Gasteiger charge is 2.54. The van der Waals surface area contributed by atoms with Crippen LogP contribution in [0, 0.1) is 0 Å². The van der Waals surface area contributed by atoms with Gasteiger partial charge in [-0.15, -0.1) is 5.11 Å². The molecule has 4 rings (SSSR count). The molecule has 34 heavy (non-hydrogen) atoms. The second kappa shape index (κ2) is 11.5. The highest BCUT2D eigenvalue weighted by Crippen LogP contribution is 2.70. The van der Waals surface area contributed by atoms with Gasteiger partial charge in [0, 0.05) is 18.1 Å². The molecular formula is C27H27ClN3OPS. The van der Waals surface area contributed by atoms with Gasteiger partial charge in [0.25, 0.3) is 0 Å². The Kier molecular flexibility index (Phi) is 8.73. The number of rotatable bonds is 7. The summed E-state index contributed by atoms with van der Waals surface area (Å²) in [6.45, 7) is 0. The van der Waals surface area contributed by atoms with Crippen LogP contribution >= 0.6 is 7.41 Å². The van der Waals surface area contributed by atoms with Crippen LogP contribution in [0.2, 0.25) is 0 Å². The molecule has 0 amide bonds. The third kappa shape index (κ3) is 5.98. The van der Waals surface area contributed by atoms with Crippen molar-refractivity contribution in [1.82, 2.24) is 0 Å². The summed E-state index contributed by atoms with van der Waals surface area (Å²) in [7, 11) is -5.19. The van der Waals surface area contributed by atoms with E-state index in [2.05, 4.69) is 41.5 Å². The molecule has 0 aromatic heterocycles. The summed E-state index contributed by atoms with van der Waals surface area (Å²) in [4.78, 5) is 0.